The summed E-state index contributed by atoms with van der Waals surface area (Å²) >= 11 is 0. The van der Waals surface area contributed by atoms with Gasteiger partial charge in [0.15, 0.2) is 23.8 Å². The molecule has 0 atom stereocenters. The highest BCUT2D eigenvalue weighted by Crippen LogP contribution is 2.30. The molecular formula is C25H21NO6. The van der Waals surface area contributed by atoms with Crippen LogP contribution in [0.2, 0.25) is 0 Å². The molecule has 7 nitrogen and oxygen atoms in total. The van der Waals surface area contributed by atoms with E-state index in [2.05, 4.69) is 9.73 Å². The molecule has 0 radical (unpaired) electrons. The average molecular weight is 431 g/mol. The predicted molar refractivity (Wildman–Crippen MR) is 120 cm³/mol. The molecule has 1 heterocycles. The van der Waals surface area contributed by atoms with Crippen LogP contribution in [0, 0.1) is 0 Å². The van der Waals surface area contributed by atoms with Gasteiger partial charge in [-0.05, 0) is 53.6 Å². The Balaban J connectivity index is 1.60. The number of methoxy groups -OCH3 is 1. The first-order chi connectivity index (χ1) is 15.6. The van der Waals surface area contributed by atoms with Gasteiger partial charge in [0, 0.05) is 5.56 Å². The maximum atomic E-state index is 12.4. The summed E-state index contributed by atoms with van der Waals surface area (Å²) in [6, 6.07) is 18.8. The van der Waals surface area contributed by atoms with Crippen LogP contribution in [0.4, 0.5) is 0 Å². The van der Waals surface area contributed by atoms with E-state index in [9.17, 15) is 9.59 Å². The van der Waals surface area contributed by atoms with Gasteiger partial charge in [0.05, 0.1) is 13.7 Å². The van der Waals surface area contributed by atoms with Crippen molar-refractivity contribution in [2.24, 2.45) is 4.99 Å². The van der Waals surface area contributed by atoms with Crippen molar-refractivity contribution in [2.45, 2.75) is 6.92 Å². The smallest absolute Gasteiger partial charge is 0.363 e. The summed E-state index contributed by atoms with van der Waals surface area (Å²) in [7, 11) is 1.29. The highest BCUT2D eigenvalue weighted by atomic mass is 16.6. The summed E-state index contributed by atoms with van der Waals surface area (Å²) < 4.78 is 21.0. The van der Waals surface area contributed by atoms with Crippen molar-refractivity contribution >= 4 is 34.7 Å². The Labute approximate surface area is 184 Å². The molecule has 0 aliphatic carbocycles. The van der Waals surface area contributed by atoms with Crippen molar-refractivity contribution in [1.29, 1.82) is 0 Å². The van der Waals surface area contributed by atoms with Crippen molar-refractivity contribution < 1.29 is 28.5 Å². The topological polar surface area (TPSA) is 83.4 Å². The number of esters is 2. The summed E-state index contributed by atoms with van der Waals surface area (Å²) in [5.74, 6) is 0.0692. The number of carbonyl (C=O) groups excluding carboxylic acids is 2. The molecule has 0 aromatic heterocycles. The van der Waals surface area contributed by atoms with E-state index >= 15 is 0 Å². The van der Waals surface area contributed by atoms with Crippen LogP contribution in [0.15, 0.2) is 71.4 Å². The first kappa shape index (κ1) is 21.1. The fourth-order valence-electron chi connectivity index (χ4n) is 3.21. The van der Waals surface area contributed by atoms with Gasteiger partial charge in [-0.1, -0.05) is 36.4 Å². The second-order valence-electron chi connectivity index (χ2n) is 6.90. The Hall–Kier alpha value is -4.13. The monoisotopic (exact) mass is 431 g/mol. The lowest BCUT2D eigenvalue weighted by molar-refractivity contribution is -0.143. The van der Waals surface area contributed by atoms with E-state index in [4.69, 9.17) is 14.2 Å². The summed E-state index contributed by atoms with van der Waals surface area (Å²) in [5.41, 5.74) is 1.58. The summed E-state index contributed by atoms with van der Waals surface area (Å²) in [6.45, 7) is 2.01. The molecule has 1 aliphatic rings. The van der Waals surface area contributed by atoms with Crippen molar-refractivity contribution in [2.75, 3.05) is 20.3 Å². The highest BCUT2D eigenvalue weighted by Gasteiger charge is 2.24. The maximum Gasteiger partial charge on any atom is 0.363 e. The summed E-state index contributed by atoms with van der Waals surface area (Å²) in [4.78, 5) is 28.1. The zero-order valence-electron chi connectivity index (χ0n) is 17.7. The number of aliphatic imine (C=N–C) groups is 1. The first-order valence-corrected chi connectivity index (χ1v) is 10.1. The zero-order chi connectivity index (χ0) is 22.5. The normalized spacial score (nSPS) is 14.2. The van der Waals surface area contributed by atoms with Crippen molar-refractivity contribution in [3.63, 3.8) is 0 Å². The number of carbonyl (C=O) groups is 2. The van der Waals surface area contributed by atoms with Crippen LogP contribution < -0.4 is 9.47 Å². The van der Waals surface area contributed by atoms with Crippen molar-refractivity contribution in [3.8, 4) is 11.5 Å². The molecule has 0 bridgehead atoms. The minimum absolute atomic E-state index is 0.179. The number of hydrogen-bond donors (Lipinski definition) is 0. The van der Waals surface area contributed by atoms with Crippen molar-refractivity contribution in [3.05, 3.63) is 77.5 Å². The number of cyclic esters (lactones) is 1. The molecular weight excluding hydrogens is 410 g/mol. The van der Waals surface area contributed by atoms with Gasteiger partial charge in [-0.15, -0.1) is 0 Å². The third-order valence-electron chi connectivity index (χ3n) is 4.76. The second-order valence-corrected chi connectivity index (χ2v) is 6.90. The molecule has 0 N–H and O–H groups in total. The molecule has 0 unspecified atom stereocenters. The fourth-order valence-corrected chi connectivity index (χ4v) is 3.21. The Morgan fingerprint density at radius 3 is 2.59 bits per heavy atom. The molecule has 0 spiro atoms. The number of hydrogen-bond acceptors (Lipinski definition) is 7. The van der Waals surface area contributed by atoms with Crippen LogP contribution in [0.3, 0.4) is 0 Å². The Morgan fingerprint density at radius 1 is 1.00 bits per heavy atom. The Morgan fingerprint density at radius 2 is 1.81 bits per heavy atom. The number of benzene rings is 3. The van der Waals surface area contributed by atoms with Crippen LogP contribution in [0.1, 0.15) is 18.1 Å². The number of nitrogens with zero attached hydrogens (tertiary/aromatic N) is 1. The van der Waals surface area contributed by atoms with E-state index in [1.165, 1.54) is 7.11 Å². The molecule has 0 saturated carbocycles. The average Bonchev–Trinajstić information content (AvgIpc) is 3.18. The van der Waals surface area contributed by atoms with E-state index in [1.807, 2.05) is 49.4 Å². The summed E-state index contributed by atoms with van der Waals surface area (Å²) in [6.07, 6.45) is 1.61. The number of ether oxygens (including phenoxy) is 4. The Bertz CT molecular complexity index is 1240. The van der Waals surface area contributed by atoms with Crippen LogP contribution in [0.5, 0.6) is 11.5 Å². The fraction of sp³-hybridized carbons (Fsp3) is 0.160. The molecule has 162 valence electrons. The molecule has 3 aromatic carbocycles. The minimum Gasteiger partial charge on any atom is -0.490 e. The van der Waals surface area contributed by atoms with E-state index < -0.39 is 11.9 Å². The maximum absolute atomic E-state index is 12.4. The van der Waals surface area contributed by atoms with E-state index in [1.54, 1.807) is 24.3 Å². The molecule has 0 fully saturated rings. The van der Waals surface area contributed by atoms with Gasteiger partial charge in [-0.3, -0.25) is 0 Å². The molecule has 32 heavy (non-hydrogen) atoms. The molecule has 7 heteroatoms. The third-order valence-corrected chi connectivity index (χ3v) is 4.76. The van der Waals surface area contributed by atoms with Crippen LogP contribution >= 0.6 is 0 Å². The number of fused-ring (bicyclic) bond motifs is 1. The molecule has 4 rings (SSSR count). The third kappa shape index (κ3) is 4.62. The van der Waals surface area contributed by atoms with Gasteiger partial charge in [0.25, 0.3) is 0 Å². The van der Waals surface area contributed by atoms with Gasteiger partial charge < -0.3 is 18.9 Å². The van der Waals surface area contributed by atoms with Crippen LogP contribution in [-0.2, 0) is 19.1 Å². The molecule has 1 aliphatic heterocycles. The van der Waals surface area contributed by atoms with E-state index in [0.29, 0.717) is 23.7 Å². The van der Waals surface area contributed by atoms with Crippen LogP contribution in [0.25, 0.3) is 16.8 Å². The second kappa shape index (κ2) is 9.34. The van der Waals surface area contributed by atoms with E-state index in [0.717, 1.165) is 16.3 Å². The lowest BCUT2D eigenvalue weighted by Gasteiger charge is -2.11. The van der Waals surface area contributed by atoms with Gasteiger partial charge in [0.2, 0.25) is 5.90 Å². The van der Waals surface area contributed by atoms with Gasteiger partial charge in [-0.2, -0.15) is 0 Å². The SMILES string of the molecule is CCOc1cc(/C=C2\N=C(c3ccc4ccccc4c3)OC2=O)ccc1OCC(=O)OC. The largest absolute Gasteiger partial charge is 0.490 e. The quantitative estimate of drug-likeness (QED) is 0.413. The first-order valence-electron chi connectivity index (χ1n) is 10.1. The highest BCUT2D eigenvalue weighted by molar-refractivity contribution is 6.13. The van der Waals surface area contributed by atoms with Gasteiger partial charge >= 0.3 is 11.9 Å². The standard InChI is InChI=1S/C25H21NO6/c1-3-30-22-13-16(8-11-21(22)31-15-23(27)29-2)12-20-25(28)32-24(26-20)19-10-9-17-6-4-5-7-18(17)14-19/h4-14H,3,15H2,1-2H3/b20-12-. The van der Waals surface area contributed by atoms with Gasteiger partial charge in [0.1, 0.15) is 0 Å². The lowest BCUT2D eigenvalue weighted by atomic mass is 10.1. The van der Waals surface area contributed by atoms with Crippen LogP contribution in [-0.4, -0.2) is 38.2 Å². The number of rotatable bonds is 7. The zero-order valence-corrected chi connectivity index (χ0v) is 17.7. The molecule has 0 saturated heterocycles. The minimum atomic E-state index is -0.530. The molecule has 0 amide bonds. The lowest BCUT2D eigenvalue weighted by Crippen LogP contribution is -2.13. The molecule has 3 aromatic rings. The van der Waals surface area contributed by atoms with Gasteiger partial charge in [-0.25, -0.2) is 14.6 Å². The van der Waals surface area contributed by atoms with E-state index in [-0.39, 0.29) is 18.2 Å². The Kier molecular flexibility index (Phi) is 6.17. The predicted octanol–water partition coefficient (Wildman–Crippen LogP) is 4.13. The summed E-state index contributed by atoms with van der Waals surface area (Å²) in [5, 5.41) is 2.12. The van der Waals surface area contributed by atoms with Crippen molar-refractivity contribution in [1.82, 2.24) is 0 Å².